The van der Waals surface area contributed by atoms with Gasteiger partial charge in [0.05, 0.1) is 12.2 Å². The van der Waals surface area contributed by atoms with Crippen molar-refractivity contribution in [2.75, 3.05) is 0 Å². The van der Waals surface area contributed by atoms with E-state index in [9.17, 15) is 15.3 Å². The van der Waals surface area contributed by atoms with E-state index in [-0.39, 0.29) is 33.9 Å². The summed E-state index contributed by atoms with van der Waals surface area (Å²) < 4.78 is 6.63. The van der Waals surface area contributed by atoms with Crippen LogP contribution in [0, 0.1) is 50.2 Å². The Kier molecular flexibility index (Phi) is 4.87. The highest BCUT2D eigenvalue weighted by Gasteiger charge is 2.83. The maximum atomic E-state index is 12.2. The van der Waals surface area contributed by atoms with Crippen molar-refractivity contribution in [1.29, 1.82) is 0 Å². The molecule has 4 nitrogen and oxygen atoms in total. The lowest BCUT2D eigenvalue weighted by Crippen LogP contribution is -2.59. The van der Waals surface area contributed by atoms with Gasteiger partial charge in [0.15, 0.2) is 0 Å². The van der Waals surface area contributed by atoms with Crippen molar-refractivity contribution in [3.8, 4) is 0 Å². The minimum atomic E-state index is -0.599. The molecular weight excluding hydrogens is 436 g/mol. The summed E-state index contributed by atoms with van der Waals surface area (Å²) in [4.78, 5) is 0. The molecule has 0 aromatic carbocycles. The van der Waals surface area contributed by atoms with Crippen LogP contribution in [0.15, 0.2) is 11.3 Å². The van der Waals surface area contributed by atoms with Crippen LogP contribution in [-0.4, -0.2) is 39.7 Å². The molecule has 4 saturated carbocycles. The van der Waals surface area contributed by atoms with Crippen LogP contribution in [0.1, 0.15) is 107 Å². The Morgan fingerprint density at radius 1 is 0.914 bits per heavy atom. The molecule has 0 saturated heterocycles. The van der Waals surface area contributed by atoms with Gasteiger partial charge in [0.2, 0.25) is 0 Å². The van der Waals surface area contributed by atoms with Gasteiger partial charge in [-0.1, -0.05) is 55.4 Å². The third kappa shape index (κ3) is 2.66. The maximum absolute atomic E-state index is 12.2. The molecule has 0 radical (unpaired) electrons. The first-order valence-corrected chi connectivity index (χ1v) is 14.5. The molecule has 0 aromatic heterocycles. The third-order valence-electron chi connectivity index (χ3n) is 13.5. The summed E-state index contributed by atoms with van der Waals surface area (Å²) in [7, 11) is 0. The number of fused-ring (bicyclic) bond motifs is 3. The summed E-state index contributed by atoms with van der Waals surface area (Å²) in [6.07, 6.45) is 7.26. The highest BCUT2D eigenvalue weighted by molar-refractivity contribution is 5.42. The van der Waals surface area contributed by atoms with Gasteiger partial charge in [-0.2, -0.15) is 0 Å². The summed E-state index contributed by atoms with van der Waals surface area (Å²) in [5, 5.41) is 34.2. The molecule has 6 rings (SSSR count). The Hall–Kier alpha value is -0.580. The summed E-state index contributed by atoms with van der Waals surface area (Å²) in [5.74, 6) is 2.20. The molecule has 1 heterocycles. The fourth-order valence-electron chi connectivity index (χ4n) is 11.4. The number of hydrogen-bond donors (Lipinski definition) is 3. The molecule has 11 atom stereocenters. The van der Waals surface area contributed by atoms with Crippen molar-refractivity contribution in [2.24, 2.45) is 50.2 Å². The van der Waals surface area contributed by atoms with Gasteiger partial charge in [0, 0.05) is 10.8 Å². The third-order valence-corrected chi connectivity index (χ3v) is 13.5. The van der Waals surface area contributed by atoms with Crippen LogP contribution in [0.2, 0.25) is 0 Å². The van der Waals surface area contributed by atoms with E-state index in [0.29, 0.717) is 28.6 Å². The molecule has 0 aromatic rings. The number of ether oxygens (including phenoxy) is 1. The van der Waals surface area contributed by atoms with E-state index in [4.69, 9.17) is 4.74 Å². The molecule has 3 N–H and O–H groups in total. The summed E-state index contributed by atoms with van der Waals surface area (Å²) in [6.45, 7) is 18.0. The number of allylic oxidation sites excluding steroid dienone is 1. The molecule has 2 spiro atoms. The van der Waals surface area contributed by atoms with E-state index in [0.717, 1.165) is 37.9 Å². The quantitative estimate of drug-likeness (QED) is 0.436. The lowest BCUT2D eigenvalue weighted by Gasteiger charge is -2.63. The van der Waals surface area contributed by atoms with Crippen molar-refractivity contribution >= 4 is 0 Å². The number of hydrogen-bond acceptors (Lipinski definition) is 4. The smallest absolute Gasteiger partial charge is 0.126 e. The van der Waals surface area contributed by atoms with Crippen molar-refractivity contribution < 1.29 is 20.1 Å². The average Bonchev–Trinajstić information content (AvgIpc) is 3.40. The predicted octanol–water partition coefficient (Wildman–Crippen LogP) is 5.84. The van der Waals surface area contributed by atoms with E-state index in [1.54, 1.807) is 0 Å². The molecule has 0 bridgehead atoms. The molecule has 0 amide bonds. The largest absolute Gasteiger partial charge is 0.489 e. The Bertz CT molecular complexity index is 962. The normalized spacial score (nSPS) is 55.1. The zero-order valence-corrected chi connectivity index (χ0v) is 23.4. The molecule has 35 heavy (non-hydrogen) atoms. The molecule has 6 aliphatic rings. The van der Waals surface area contributed by atoms with Gasteiger partial charge < -0.3 is 20.1 Å². The maximum Gasteiger partial charge on any atom is 0.126 e. The van der Waals surface area contributed by atoms with Crippen LogP contribution in [0.4, 0.5) is 0 Å². The van der Waals surface area contributed by atoms with Crippen molar-refractivity contribution in [3.63, 3.8) is 0 Å². The van der Waals surface area contributed by atoms with E-state index in [1.165, 1.54) is 24.8 Å². The molecule has 4 fully saturated rings. The van der Waals surface area contributed by atoms with Gasteiger partial charge in [-0.25, -0.2) is 0 Å². The zero-order valence-electron chi connectivity index (χ0n) is 23.4. The molecule has 4 heteroatoms. The van der Waals surface area contributed by atoms with E-state index >= 15 is 0 Å². The van der Waals surface area contributed by atoms with E-state index < -0.39 is 12.2 Å². The van der Waals surface area contributed by atoms with Crippen LogP contribution < -0.4 is 0 Å². The van der Waals surface area contributed by atoms with Crippen molar-refractivity contribution in [3.05, 3.63) is 11.3 Å². The van der Waals surface area contributed by atoms with Crippen LogP contribution >= 0.6 is 0 Å². The Morgan fingerprint density at radius 2 is 1.54 bits per heavy atom. The second kappa shape index (κ2) is 6.89. The number of aliphatic hydroxyl groups is 3. The molecule has 198 valence electrons. The lowest BCUT2D eigenvalue weighted by atomic mass is 9.41. The van der Waals surface area contributed by atoms with Gasteiger partial charge in [-0.05, 0) is 96.4 Å². The average molecular weight is 487 g/mol. The first-order chi connectivity index (χ1) is 16.1. The Morgan fingerprint density at radius 3 is 2.20 bits per heavy atom. The number of rotatable bonds is 1. The van der Waals surface area contributed by atoms with Crippen LogP contribution in [0.25, 0.3) is 0 Å². The van der Waals surface area contributed by atoms with Gasteiger partial charge in [-0.15, -0.1) is 0 Å². The second-order valence-corrected chi connectivity index (χ2v) is 15.9. The zero-order chi connectivity index (χ0) is 25.6. The lowest BCUT2D eigenvalue weighted by molar-refractivity contribution is -0.175. The van der Waals surface area contributed by atoms with Crippen molar-refractivity contribution in [2.45, 2.75) is 131 Å². The van der Waals surface area contributed by atoms with Crippen LogP contribution in [-0.2, 0) is 4.74 Å². The van der Waals surface area contributed by atoms with Gasteiger partial charge in [-0.3, -0.25) is 0 Å². The minimum Gasteiger partial charge on any atom is -0.489 e. The van der Waals surface area contributed by atoms with E-state index in [2.05, 4.69) is 55.4 Å². The highest BCUT2D eigenvalue weighted by Crippen LogP contribution is 2.89. The predicted molar refractivity (Wildman–Crippen MR) is 137 cm³/mol. The van der Waals surface area contributed by atoms with Crippen LogP contribution in [0.3, 0.4) is 0 Å². The monoisotopic (exact) mass is 486 g/mol. The highest BCUT2D eigenvalue weighted by atomic mass is 16.5. The number of aliphatic hydroxyl groups excluding tert-OH is 3. The van der Waals surface area contributed by atoms with Crippen LogP contribution in [0.5, 0.6) is 0 Å². The van der Waals surface area contributed by atoms with E-state index in [1.807, 2.05) is 0 Å². The summed E-state index contributed by atoms with van der Waals surface area (Å²) in [5.41, 5.74) is 1.45. The Balaban J connectivity index is 1.38. The summed E-state index contributed by atoms with van der Waals surface area (Å²) >= 11 is 0. The fourth-order valence-corrected chi connectivity index (χ4v) is 11.4. The van der Waals surface area contributed by atoms with Gasteiger partial charge in [0.25, 0.3) is 0 Å². The van der Waals surface area contributed by atoms with Gasteiger partial charge >= 0.3 is 0 Å². The Labute approximate surface area is 212 Å². The SMILES string of the molecule is C[C@@H]1C[C@H]([C@H](O)C(C)(C)C)OC2=C1[C@@]1(C)CC[C@@]34C[C@@]35CC[C@H](O)C(C)(C)[C@@H]5CC[C@H]4[C@]1(C)[C@H]2O. The summed E-state index contributed by atoms with van der Waals surface area (Å²) in [6, 6.07) is 0. The topological polar surface area (TPSA) is 69.9 Å². The van der Waals surface area contributed by atoms with Gasteiger partial charge in [0.1, 0.15) is 18.0 Å². The van der Waals surface area contributed by atoms with Crippen molar-refractivity contribution in [1.82, 2.24) is 0 Å². The molecule has 5 aliphatic carbocycles. The fraction of sp³-hybridized carbons (Fsp3) is 0.935. The second-order valence-electron chi connectivity index (χ2n) is 15.9. The minimum absolute atomic E-state index is 0.0197. The molecule has 1 aliphatic heterocycles. The molecular formula is C31H50O4. The molecule has 0 unspecified atom stereocenters. The first kappa shape index (κ1) is 24.7. The first-order valence-electron chi connectivity index (χ1n) is 14.5. The standard InChI is InChI=1S/C31H50O4/c1-17-15-18(24(33)26(2,3)4)35-23-22(17)28(7)13-14-31-16-30(31)12-11-21(32)27(5,6)19(30)9-10-20(31)29(28,8)25(23)34/h17-21,24-25,32-34H,9-16H2,1-8H3/t17-,18-,19+,20+,21+,24+,25+,28-,29-,30-,31+/m1/s1.